The van der Waals surface area contributed by atoms with Crippen LogP contribution in [0.2, 0.25) is 0 Å². The normalized spacial score (nSPS) is 20.5. The van der Waals surface area contributed by atoms with Crippen molar-refractivity contribution in [3.05, 3.63) is 23.8 Å². The lowest BCUT2D eigenvalue weighted by Crippen LogP contribution is -2.34. The van der Waals surface area contributed by atoms with E-state index in [1.54, 1.807) is 14.2 Å². The van der Waals surface area contributed by atoms with Gasteiger partial charge >= 0.3 is 0 Å². The Balaban J connectivity index is 2.24. The molecule has 0 bridgehead atoms. The standard InChI is InChI=1S/C12H17NO3/c1-14-9-3-4-10(12(7-9)15-2)11-8-16-6-5-13-11/h3-4,7,11,13H,5-6,8H2,1-2H3. The van der Waals surface area contributed by atoms with Gasteiger partial charge in [-0.1, -0.05) is 0 Å². The van der Waals surface area contributed by atoms with Gasteiger partial charge in [0.1, 0.15) is 11.5 Å². The molecule has 88 valence electrons. The Labute approximate surface area is 95.5 Å². The molecule has 16 heavy (non-hydrogen) atoms. The Morgan fingerprint density at radius 1 is 1.31 bits per heavy atom. The highest BCUT2D eigenvalue weighted by Gasteiger charge is 2.19. The molecule has 1 aromatic rings. The fourth-order valence-corrected chi connectivity index (χ4v) is 1.87. The molecule has 1 unspecified atom stereocenters. The number of hydrogen-bond donors (Lipinski definition) is 1. The van der Waals surface area contributed by atoms with Crippen molar-refractivity contribution in [2.75, 3.05) is 34.0 Å². The number of rotatable bonds is 3. The van der Waals surface area contributed by atoms with E-state index in [0.29, 0.717) is 6.61 Å². The van der Waals surface area contributed by atoms with Crippen LogP contribution < -0.4 is 14.8 Å². The summed E-state index contributed by atoms with van der Waals surface area (Å²) in [6, 6.07) is 6.05. The number of nitrogens with one attached hydrogen (secondary N) is 1. The van der Waals surface area contributed by atoms with Gasteiger partial charge in [0.25, 0.3) is 0 Å². The zero-order valence-corrected chi connectivity index (χ0v) is 9.66. The lowest BCUT2D eigenvalue weighted by Gasteiger charge is -2.25. The summed E-state index contributed by atoms with van der Waals surface area (Å²) in [7, 11) is 3.32. The highest BCUT2D eigenvalue weighted by atomic mass is 16.5. The van der Waals surface area contributed by atoms with Gasteiger partial charge in [-0.2, -0.15) is 0 Å². The van der Waals surface area contributed by atoms with Crippen LogP contribution in [-0.4, -0.2) is 34.0 Å². The van der Waals surface area contributed by atoms with Crippen LogP contribution in [-0.2, 0) is 4.74 Å². The summed E-state index contributed by atoms with van der Waals surface area (Å²) in [4.78, 5) is 0. The van der Waals surface area contributed by atoms with Crippen LogP contribution in [0, 0.1) is 0 Å². The summed E-state index contributed by atoms with van der Waals surface area (Å²) in [6.07, 6.45) is 0. The third-order valence-electron chi connectivity index (χ3n) is 2.74. The van der Waals surface area contributed by atoms with E-state index in [2.05, 4.69) is 5.32 Å². The van der Waals surface area contributed by atoms with Gasteiger partial charge in [0.05, 0.1) is 33.5 Å². The van der Waals surface area contributed by atoms with Crippen LogP contribution in [0.5, 0.6) is 11.5 Å². The van der Waals surface area contributed by atoms with Crippen LogP contribution >= 0.6 is 0 Å². The van der Waals surface area contributed by atoms with Crippen LogP contribution in [0.15, 0.2) is 18.2 Å². The highest BCUT2D eigenvalue weighted by molar-refractivity contribution is 5.42. The lowest BCUT2D eigenvalue weighted by atomic mass is 10.1. The van der Waals surface area contributed by atoms with Crippen molar-refractivity contribution in [2.45, 2.75) is 6.04 Å². The Bertz CT molecular complexity index is 348. The molecule has 1 heterocycles. The van der Waals surface area contributed by atoms with E-state index in [9.17, 15) is 0 Å². The van der Waals surface area contributed by atoms with Crippen molar-refractivity contribution in [1.29, 1.82) is 0 Å². The van der Waals surface area contributed by atoms with Crippen molar-refractivity contribution >= 4 is 0 Å². The van der Waals surface area contributed by atoms with Crippen molar-refractivity contribution in [2.24, 2.45) is 0 Å². The predicted octanol–water partition coefficient (Wildman–Crippen LogP) is 1.36. The summed E-state index contributed by atoms with van der Waals surface area (Å²) >= 11 is 0. The van der Waals surface area contributed by atoms with E-state index in [-0.39, 0.29) is 6.04 Å². The van der Waals surface area contributed by atoms with E-state index in [0.717, 1.165) is 30.2 Å². The largest absolute Gasteiger partial charge is 0.497 e. The van der Waals surface area contributed by atoms with Crippen molar-refractivity contribution in [3.63, 3.8) is 0 Å². The molecule has 0 amide bonds. The van der Waals surface area contributed by atoms with Crippen LogP contribution in [0.4, 0.5) is 0 Å². The monoisotopic (exact) mass is 223 g/mol. The first kappa shape index (κ1) is 11.2. The fraction of sp³-hybridized carbons (Fsp3) is 0.500. The molecule has 2 rings (SSSR count). The van der Waals surface area contributed by atoms with Crippen molar-refractivity contribution in [3.8, 4) is 11.5 Å². The molecule has 0 radical (unpaired) electrons. The van der Waals surface area contributed by atoms with Gasteiger partial charge in [-0.15, -0.1) is 0 Å². The number of hydrogen-bond acceptors (Lipinski definition) is 4. The first-order valence-corrected chi connectivity index (χ1v) is 5.38. The molecule has 0 aliphatic carbocycles. The van der Waals surface area contributed by atoms with E-state index in [1.165, 1.54) is 0 Å². The molecular weight excluding hydrogens is 206 g/mol. The van der Waals surface area contributed by atoms with Crippen molar-refractivity contribution in [1.82, 2.24) is 5.32 Å². The summed E-state index contributed by atoms with van der Waals surface area (Å²) in [5, 5.41) is 3.40. The van der Waals surface area contributed by atoms with E-state index < -0.39 is 0 Å². The second-order valence-corrected chi connectivity index (χ2v) is 3.69. The molecule has 1 atom stereocenters. The fourth-order valence-electron chi connectivity index (χ4n) is 1.87. The molecule has 1 aliphatic heterocycles. The minimum absolute atomic E-state index is 0.203. The van der Waals surface area contributed by atoms with E-state index in [4.69, 9.17) is 14.2 Å². The highest BCUT2D eigenvalue weighted by Crippen LogP contribution is 2.30. The summed E-state index contributed by atoms with van der Waals surface area (Å²) in [6.45, 7) is 2.33. The number of morpholine rings is 1. The van der Waals surface area contributed by atoms with Gasteiger partial charge in [-0.05, 0) is 12.1 Å². The third kappa shape index (κ3) is 2.28. The van der Waals surface area contributed by atoms with E-state index >= 15 is 0 Å². The van der Waals surface area contributed by atoms with Gasteiger partial charge < -0.3 is 19.5 Å². The molecule has 1 N–H and O–H groups in total. The minimum atomic E-state index is 0.203. The van der Waals surface area contributed by atoms with Gasteiger partial charge in [0.15, 0.2) is 0 Å². The first-order chi connectivity index (χ1) is 7.85. The lowest BCUT2D eigenvalue weighted by molar-refractivity contribution is 0.0760. The Morgan fingerprint density at radius 3 is 2.81 bits per heavy atom. The van der Waals surface area contributed by atoms with Crippen LogP contribution in [0.3, 0.4) is 0 Å². The SMILES string of the molecule is COc1ccc(C2COCCN2)c(OC)c1. The number of ether oxygens (including phenoxy) is 3. The maximum Gasteiger partial charge on any atom is 0.127 e. The Hall–Kier alpha value is -1.26. The van der Waals surface area contributed by atoms with Gasteiger partial charge in [0, 0.05) is 18.2 Å². The summed E-state index contributed by atoms with van der Waals surface area (Å²) < 4.78 is 16.0. The molecule has 1 aromatic carbocycles. The van der Waals surface area contributed by atoms with Crippen molar-refractivity contribution < 1.29 is 14.2 Å². The second-order valence-electron chi connectivity index (χ2n) is 3.69. The maximum atomic E-state index is 5.44. The summed E-state index contributed by atoms with van der Waals surface area (Å²) in [5.41, 5.74) is 1.11. The predicted molar refractivity (Wildman–Crippen MR) is 61.1 cm³/mol. The molecule has 1 saturated heterocycles. The maximum absolute atomic E-state index is 5.44. The molecular formula is C12H17NO3. The van der Waals surface area contributed by atoms with Gasteiger partial charge in [-0.3, -0.25) is 0 Å². The zero-order chi connectivity index (χ0) is 11.4. The van der Waals surface area contributed by atoms with E-state index in [1.807, 2.05) is 18.2 Å². The smallest absolute Gasteiger partial charge is 0.127 e. The number of methoxy groups -OCH3 is 2. The topological polar surface area (TPSA) is 39.7 Å². The molecule has 4 nitrogen and oxygen atoms in total. The molecule has 0 spiro atoms. The van der Waals surface area contributed by atoms with Crippen LogP contribution in [0.1, 0.15) is 11.6 Å². The quantitative estimate of drug-likeness (QED) is 0.840. The molecule has 4 heteroatoms. The molecule has 0 aromatic heterocycles. The summed E-state index contributed by atoms with van der Waals surface area (Å²) in [5.74, 6) is 1.64. The third-order valence-corrected chi connectivity index (χ3v) is 2.74. The average molecular weight is 223 g/mol. The first-order valence-electron chi connectivity index (χ1n) is 5.38. The van der Waals surface area contributed by atoms with Gasteiger partial charge in [-0.25, -0.2) is 0 Å². The average Bonchev–Trinajstić information content (AvgIpc) is 2.39. The van der Waals surface area contributed by atoms with Crippen LogP contribution in [0.25, 0.3) is 0 Å². The Kier molecular flexibility index (Phi) is 3.64. The molecule has 1 fully saturated rings. The molecule has 0 saturated carbocycles. The molecule has 1 aliphatic rings. The second kappa shape index (κ2) is 5.18. The Morgan fingerprint density at radius 2 is 2.19 bits per heavy atom. The minimum Gasteiger partial charge on any atom is -0.497 e. The number of benzene rings is 1. The zero-order valence-electron chi connectivity index (χ0n) is 9.66. The van der Waals surface area contributed by atoms with Gasteiger partial charge in [0.2, 0.25) is 0 Å².